The van der Waals surface area contributed by atoms with Crippen LogP contribution in [0.4, 0.5) is 4.79 Å². The molecule has 5 atom stereocenters. The number of methoxy groups -OCH3 is 1. The van der Waals surface area contributed by atoms with Crippen LogP contribution in [-0.4, -0.2) is 72.8 Å². The number of hydrogen-bond acceptors (Lipinski definition) is 8. The second kappa shape index (κ2) is 8.29. The summed E-state index contributed by atoms with van der Waals surface area (Å²) in [6, 6.07) is -1.16. The molecule has 0 bridgehead atoms. The Bertz CT molecular complexity index is 877. The molecule has 0 aromatic carbocycles. The van der Waals surface area contributed by atoms with Gasteiger partial charge in [0.1, 0.15) is 11.6 Å². The van der Waals surface area contributed by atoms with E-state index in [0.717, 1.165) is 7.11 Å². The number of carboxylic acid groups (broad SMARTS) is 1. The van der Waals surface area contributed by atoms with E-state index in [-0.39, 0.29) is 12.3 Å². The number of aliphatic carboxylic acids is 1. The van der Waals surface area contributed by atoms with Crippen LogP contribution in [0.2, 0.25) is 0 Å². The highest BCUT2D eigenvalue weighted by atomic mass is 32.2. The fourth-order valence-electron chi connectivity index (χ4n) is 4.08. The topological polar surface area (TPSA) is 165 Å². The highest BCUT2D eigenvalue weighted by Crippen LogP contribution is 2.58. The van der Waals surface area contributed by atoms with E-state index >= 15 is 0 Å². The zero-order valence-electron chi connectivity index (χ0n) is 18.4. The molecule has 0 radical (unpaired) electrons. The van der Waals surface area contributed by atoms with Gasteiger partial charge in [-0.25, -0.2) is 18.0 Å². The summed E-state index contributed by atoms with van der Waals surface area (Å²) in [5.41, 5.74) is -3.01. The summed E-state index contributed by atoms with van der Waals surface area (Å²) in [7, 11) is -2.88. The lowest BCUT2D eigenvalue weighted by molar-refractivity contribution is -0.149. The minimum Gasteiger partial charge on any atom is -0.479 e. The molecule has 0 aromatic rings. The Morgan fingerprint density at radius 1 is 1.19 bits per heavy atom. The average molecular weight is 463 g/mol. The molecule has 176 valence electrons. The van der Waals surface area contributed by atoms with Crippen LogP contribution in [0.25, 0.3) is 0 Å². The van der Waals surface area contributed by atoms with E-state index in [2.05, 4.69) is 15.4 Å². The minimum atomic E-state index is -3.96. The normalized spacial score (nSPS) is 29.5. The summed E-state index contributed by atoms with van der Waals surface area (Å²) < 4.78 is 34.8. The van der Waals surface area contributed by atoms with Crippen molar-refractivity contribution in [1.29, 1.82) is 0 Å². The van der Waals surface area contributed by atoms with E-state index in [4.69, 9.17) is 4.74 Å². The zero-order chi connectivity index (χ0) is 23.9. The largest absolute Gasteiger partial charge is 0.479 e. The maximum atomic E-state index is 13.0. The molecule has 1 saturated carbocycles. The molecule has 3 N–H and O–H groups in total. The zero-order valence-corrected chi connectivity index (χ0v) is 19.2. The predicted molar refractivity (Wildman–Crippen MR) is 108 cm³/mol. The van der Waals surface area contributed by atoms with Crippen molar-refractivity contribution in [2.24, 2.45) is 17.8 Å². The summed E-state index contributed by atoms with van der Waals surface area (Å²) in [5.74, 6) is -6.49. The monoisotopic (exact) mass is 462 g/mol. The van der Waals surface area contributed by atoms with Gasteiger partial charge in [0.15, 0.2) is 15.4 Å². The number of hydrogen-bond donors (Lipinski definition) is 3. The fourth-order valence-corrected chi connectivity index (χ4v) is 6.78. The van der Waals surface area contributed by atoms with Gasteiger partial charge in [-0.05, 0) is 33.1 Å². The standard InChI is InChI=1S/C19H30N2O9S/c1-9(2)7-10(20-17(26)30-18(3,4)5)14(22)21-19(16(24)25)8-31(27,28)13-11(12(13)19)15(23)29-6/h9-13H,7-8H2,1-6H3,(H,20,26)(H,21,22)(H,24,25)/t10-,11+,12+,13-,19-/m0/s1. The molecule has 0 unspecified atom stereocenters. The van der Waals surface area contributed by atoms with Crippen molar-refractivity contribution in [2.75, 3.05) is 12.9 Å². The molecule has 2 fully saturated rings. The SMILES string of the molecule is COC(=O)[C@@H]1[C@@H]2[C@H]1S(=O)(=O)C[C@@]2(NC(=O)[C@H](CC(C)C)NC(=O)OC(C)(C)C)C(=O)O. The van der Waals surface area contributed by atoms with E-state index in [9.17, 15) is 32.7 Å². The Kier molecular flexibility index (Phi) is 6.65. The molecule has 1 aliphatic carbocycles. The van der Waals surface area contributed by atoms with Crippen LogP contribution in [0.1, 0.15) is 41.0 Å². The first-order chi connectivity index (χ1) is 14.1. The fraction of sp³-hybridized carbons (Fsp3) is 0.789. The summed E-state index contributed by atoms with van der Waals surface area (Å²) in [4.78, 5) is 49.3. The number of rotatable bonds is 7. The molecular formula is C19H30N2O9S. The van der Waals surface area contributed by atoms with Crippen molar-refractivity contribution >= 4 is 33.8 Å². The Balaban J connectivity index is 2.30. The molecule has 2 rings (SSSR count). The lowest BCUT2D eigenvalue weighted by atomic mass is 9.92. The highest BCUT2D eigenvalue weighted by molar-refractivity contribution is 7.92. The van der Waals surface area contributed by atoms with Crippen molar-refractivity contribution in [3.05, 3.63) is 0 Å². The van der Waals surface area contributed by atoms with Gasteiger partial charge in [-0.3, -0.25) is 9.59 Å². The average Bonchev–Trinajstić information content (AvgIpc) is 3.29. The van der Waals surface area contributed by atoms with E-state index in [1.54, 1.807) is 34.6 Å². The number of ether oxygens (including phenoxy) is 2. The summed E-state index contributed by atoms with van der Waals surface area (Å²) >= 11 is 0. The molecule has 11 nitrogen and oxygen atoms in total. The number of carbonyl (C=O) groups excluding carboxylic acids is 3. The van der Waals surface area contributed by atoms with E-state index in [1.807, 2.05) is 0 Å². The van der Waals surface area contributed by atoms with E-state index < -0.39 is 73.8 Å². The van der Waals surface area contributed by atoms with Gasteiger partial charge in [-0.15, -0.1) is 0 Å². The number of carbonyl (C=O) groups is 4. The molecule has 1 heterocycles. The van der Waals surface area contributed by atoms with Gasteiger partial charge in [0.25, 0.3) is 0 Å². The van der Waals surface area contributed by atoms with Gasteiger partial charge in [-0.1, -0.05) is 13.8 Å². The first kappa shape index (κ1) is 24.9. The minimum absolute atomic E-state index is 0.0599. The highest BCUT2D eigenvalue weighted by Gasteiger charge is 2.79. The van der Waals surface area contributed by atoms with Crippen molar-refractivity contribution in [1.82, 2.24) is 10.6 Å². The third-order valence-corrected chi connectivity index (χ3v) is 7.56. The molecule has 12 heteroatoms. The summed E-state index contributed by atoms with van der Waals surface area (Å²) in [6.45, 7) is 8.54. The lowest BCUT2D eigenvalue weighted by Gasteiger charge is -2.31. The molecule has 1 aliphatic heterocycles. The van der Waals surface area contributed by atoms with Crippen LogP contribution in [0.3, 0.4) is 0 Å². The van der Waals surface area contributed by atoms with Crippen LogP contribution in [0.5, 0.6) is 0 Å². The smallest absolute Gasteiger partial charge is 0.408 e. The van der Waals surface area contributed by atoms with Crippen LogP contribution in [0, 0.1) is 17.8 Å². The van der Waals surface area contributed by atoms with Crippen LogP contribution in [0.15, 0.2) is 0 Å². The van der Waals surface area contributed by atoms with Gasteiger partial charge in [-0.2, -0.15) is 0 Å². The van der Waals surface area contributed by atoms with Gasteiger partial charge in [0, 0.05) is 5.92 Å². The third kappa shape index (κ3) is 5.10. The molecule has 2 aliphatic rings. The first-order valence-corrected chi connectivity index (χ1v) is 11.6. The number of fused-ring (bicyclic) bond motifs is 1. The van der Waals surface area contributed by atoms with Gasteiger partial charge in [0.05, 0.1) is 24.0 Å². The Morgan fingerprint density at radius 3 is 2.23 bits per heavy atom. The third-order valence-electron chi connectivity index (χ3n) is 5.28. The first-order valence-electron chi connectivity index (χ1n) is 9.90. The molecular weight excluding hydrogens is 432 g/mol. The van der Waals surface area contributed by atoms with Crippen molar-refractivity contribution < 1.29 is 42.2 Å². The van der Waals surface area contributed by atoms with Crippen LogP contribution < -0.4 is 10.6 Å². The van der Waals surface area contributed by atoms with Crippen molar-refractivity contribution in [3.63, 3.8) is 0 Å². The lowest BCUT2D eigenvalue weighted by Crippen LogP contribution is -2.63. The van der Waals surface area contributed by atoms with Crippen molar-refractivity contribution in [2.45, 2.75) is 63.5 Å². The Hall–Kier alpha value is -2.37. The second-order valence-corrected chi connectivity index (χ2v) is 11.6. The summed E-state index contributed by atoms with van der Waals surface area (Å²) in [5, 5.41) is 13.4. The number of carboxylic acids is 1. The molecule has 1 saturated heterocycles. The number of amides is 2. The molecule has 2 amide bonds. The van der Waals surface area contributed by atoms with Gasteiger partial charge in [0.2, 0.25) is 5.91 Å². The maximum absolute atomic E-state index is 13.0. The van der Waals surface area contributed by atoms with E-state index in [1.165, 1.54) is 0 Å². The van der Waals surface area contributed by atoms with Crippen molar-refractivity contribution in [3.8, 4) is 0 Å². The predicted octanol–water partition coefficient (Wildman–Crippen LogP) is 0.0814. The van der Waals surface area contributed by atoms with Gasteiger partial charge < -0.3 is 25.2 Å². The van der Waals surface area contributed by atoms with Gasteiger partial charge >= 0.3 is 18.0 Å². The molecule has 0 aromatic heterocycles. The molecule has 31 heavy (non-hydrogen) atoms. The van der Waals surface area contributed by atoms with Crippen LogP contribution in [-0.2, 0) is 33.7 Å². The second-order valence-electron chi connectivity index (χ2n) is 9.44. The quantitative estimate of drug-likeness (QED) is 0.444. The summed E-state index contributed by atoms with van der Waals surface area (Å²) in [6.07, 6.45) is -0.712. The molecule has 0 spiro atoms. The number of nitrogens with one attached hydrogen (secondary N) is 2. The Labute approximate surface area is 181 Å². The Morgan fingerprint density at radius 2 is 1.77 bits per heavy atom. The number of esters is 1. The number of sulfone groups is 1. The van der Waals surface area contributed by atoms with E-state index in [0.29, 0.717) is 0 Å². The number of alkyl carbamates (subject to hydrolysis) is 1. The van der Waals surface area contributed by atoms with Crippen LogP contribution >= 0.6 is 0 Å². The maximum Gasteiger partial charge on any atom is 0.408 e.